The lowest BCUT2D eigenvalue weighted by atomic mass is 10.1. The van der Waals surface area contributed by atoms with Crippen molar-refractivity contribution in [1.29, 1.82) is 0 Å². The molecule has 11 nitrogen and oxygen atoms in total. The lowest BCUT2D eigenvalue weighted by Gasteiger charge is -2.36. The Balaban J connectivity index is 1.85. The molecule has 4 rings (SSSR count). The number of rotatable bonds is 8. The summed E-state index contributed by atoms with van der Waals surface area (Å²) in [6.07, 6.45) is 3.47. The third-order valence-corrected chi connectivity index (χ3v) is 7.51. The predicted octanol–water partition coefficient (Wildman–Crippen LogP) is 1.11. The summed E-state index contributed by atoms with van der Waals surface area (Å²) in [6, 6.07) is 2.62. The number of thiocarbonyl (C=S) groups is 1. The lowest BCUT2D eigenvalue weighted by Crippen LogP contribution is -2.57. The number of carbonyl (C=O) groups is 3. The van der Waals surface area contributed by atoms with Crippen LogP contribution in [0.2, 0.25) is 0 Å². The fraction of sp³-hybridized carbons (Fsp3) is 0.417. The maximum atomic E-state index is 13.8. The topological polar surface area (TPSA) is 123 Å². The Hall–Kier alpha value is -3.29. The molecule has 2 aromatic rings. The minimum Gasteiger partial charge on any atom is -0.469 e. The molecule has 2 fully saturated rings. The van der Waals surface area contributed by atoms with Crippen molar-refractivity contribution in [3.63, 3.8) is 0 Å². The van der Waals surface area contributed by atoms with Gasteiger partial charge < -0.3 is 19.7 Å². The number of nitrogens with zero attached hydrogens (tertiary/aromatic N) is 4. The van der Waals surface area contributed by atoms with Crippen LogP contribution < -0.4 is 15.8 Å². The first-order valence-corrected chi connectivity index (χ1v) is 12.9. The van der Waals surface area contributed by atoms with E-state index in [1.165, 1.54) is 22.5 Å². The van der Waals surface area contributed by atoms with E-state index in [4.69, 9.17) is 26.7 Å². The van der Waals surface area contributed by atoms with Crippen molar-refractivity contribution in [2.75, 3.05) is 45.4 Å². The number of carbonyl (C=O) groups excluding carboxylic acids is 3. The molecule has 37 heavy (non-hydrogen) atoms. The number of esters is 1. The van der Waals surface area contributed by atoms with E-state index in [-0.39, 0.29) is 34.5 Å². The number of anilines is 1. The van der Waals surface area contributed by atoms with E-state index in [1.807, 2.05) is 13.0 Å². The van der Waals surface area contributed by atoms with Crippen molar-refractivity contribution in [1.82, 2.24) is 19.6 Å². The fourth-order valence-electron chi connectivity index (χ4n) is 4.25. The zero-order valence-corrected chi connectivity index (χ0v) is 22.3. The van der Waals surface area contributed by atoms with Crippen LogP contribution in [-0.4, -0.2) is 82.9 Å². The van der Waals surface area contributed by atoms with Gasteiger partial charge in [0, 0.05) is 39.5 Å². The molecule has 2 aromatic heterocycles. The Morgan fingerprint density at radius 2 is 2.11 bits per heavy atom. The molecule has 2 aliphatic rings. The van der Waals surface area contributed by atoms with Gasteiger partial charge in [0.15, 0.2) is 0 Å². The maximum Gasteiger partial charge on any atom is 0.308 e. The normalized spacial score (nSPS) is 19.2. The van der Waals surface area contributed by atoms with Crippen LogP contribution in [0.3, 0.4) is 0 Å². The summed E-state index contributed by atoms with van der Waals surface area (Å²) < 4.78 is 11.7. The molecule has 1 N–H and O–H groups in total. The summed E-state index contributed by atoms with van der Waals surface area (Å²) in [6.45, 7) is 3.30. The SMILES string of the molecule is COCCCN1C(=O)/C(=C/c2c(N3CCNC(=O)[C@H]3CC(=O)OC)nc3c(C)cccn3c2=O)SC1=S. The summed E-state index contributed by atoms with van der Waals surface area (Å²) >= 11 is 6.52. The van der Waals surface area contributed by atoms with Gasteiger partial charge in [-0.05, 0) is 31.1 Å². The number of hydrogen-bond acceptors (Lipinski definition) is 10. The quantitative estimate of drug-likeness (QED) is 0.223. The van der Waals surface area contributed by atoms with Gasteiger partial charge >= 0.3 is 5.97 Å². The molecule has 0 saturated carbocycles. The summed E-state index contributed by atoms with van der Waals surface area (Å²) in [5, 5.41) is 2.75. The van der Waals surface area contributed by atoms with Crippen LogP contribution >= 0.6 is 24.0 Å². The molecule has 2 aliphatic heterocycles. The third kappa shape index (κ3) is 5.38. The van der Waals surface area contributed by atoms with Gasteiger partial charge in [-0.3, -0.25) is 28.5 Å². The van der Waals surface area contributed by atoms with E-state index in [0.29, 0.717) is 42.6 Å². The van der Waals surface area contributed by atoms with Crippen LogP contribution in [0.4, 0.5) is 5.82 Å². The number of pyridine rings is 1. The van der Waals surface area contributed by atoms with Crippen LogP contribution in [-0.2, 0) is 23.9 Å². The monoisotopic (exact) mass is 545 g/mol. The van der Waals surface area contributed by atoms with Crippen molar-refractivity contribution < 1.29 is 23.9 Å². The molecular formula is C24H27N5O6S2. The van der Waals surface area contributed by atoms with Crippen LogP contribution in [0.25, 0.3) is 11.7 Å². The Labute approximate surface area is 222 Å². The van der Waals surface area contributed by atoms with Gasteiger partial charge in [-0.15, -0.1) is 0 Å². The smallest absolute Gasteiger partial charge is 0.308 e. The number of aromatic nitrogens is 2. The average molecular weight is 546 g/mol. The van der Waals surface area contributed by atoms with Crippen LogP contribution in [0, 0.1) is 6.92 Å². The second-order valence-electron chi connectivity index (χ2n) is 8.50. The molecule has 4 heterocycles. The van der Waals surface area contributed by atoms with Crippen molar-refractivity contribution >= 4 is 63.6 Å². The molecule has 2 saturated heterocycles. The number of methoxy groups -OCH3 is 2. The zero-order chi connectivity index (χ0) is 26.7. The molecule has 0 aromatic carbocycles. The summed E-state index contributed by atoms with van der Waals surface area (Å²) in [5.41, 5.74) is 0.888. The fourth-order valence-corrected chi connectivity index (χ4v) is 5.54. The van der Waals surface area contributed by atoms with Gasteiger partial charge in [0.25, 0.3) is 11.5 Å². The van der Waals surface area contributed by atoms with E-state index >= 15 is 0 Å². The summed E-state index contributed by atoms with van der Waals surface area (Å²) in [7, 11) is 2.83. The molecule has 0 bridgehead atoms. The highest BCUT2D eigenvalue weighted by molar-refractivity contribution is 8.26. The number of thioether (sulfide) groups is 1. The molecule has 1 atom stereocenters. The second kappa shape index (κ2) is 11.4. The van der Waals surface area contributed by atoms with Gasteiger partial charge in [-0.2, -0.15) is 0 Å². The Kier molecular flexibility index (Phi) is 8.25. The summed E-state index contributed by atoms with van der Waals surface area (Å²) in [4.78, 5) is 60.0. The van der Waals surface area contributed by atoms with E-state index in [2.05, 4.69) is 5.32 Å². The van der Waals surface area contributed by atoms with Crippen LogP contribution in [0.1, 0.15) is 24.0 Å². The average Bonchev–Trinajstić information content (AvgIpc) is 3.14. The molecule has 0 unspecified atom stereocenters. The summed E-state index contributed by atoms with van der Waals surface area (Å²) in [5.74, 6) is -1.04. The second-order valence-corrected chi connectivity index (χ2v) is 10.2. The highest BCUT2D eigenvalue weighted by Gasteiger charge is 2.36. The lowest BCUT2D eigenvalue weighted by molar-refractivity contribution is -0.143. The highest BCUT2D eigenvalue weighted by atomic mass is 32.2. The van der Waals surface area contributed by atoms with Crippen molar-refractivity contribution in [3.05, 3.63) is 44.7 Å². The predicted molar refractivity (Wildman–Crippen MR) is 143 cm³/mol. The molecule has 2 amide bonds. The number of hydrogen-bond donors (Lipinski definition) is 1. The first-order valence-electron chi connectivity index (χ1n) is 11.6. The van der Waals surface area contributed by atoms with Gasteiger partial charge in [0.05, 0.1) is 24.0 Å². The number of fused-ring (bicyclic) bond motifs is 1. The van der Waals surface area contributed by atoms with Crippen LogP contribution in [0.15, 0.2) is 28.0 Å². The molecule has 0 aliphatic carbocycles. The highest BCUT2D eigenvalue weighted by Crippen LogP contribution is 2.34. The van der Waals surface area contributed by atoms with Crippen molar-refractivity contribution in [2.45, 2.75) is 25.8 Å². The minimum atomic E-state index is -0.935. The standard InChI is InChI=1S/C24H27N5O6S2/c1-14-6-4-8-28-19(14)26-20(27-10-7-25-21(31)16(27)13-18(30)35-3)15(22(28)32)12-17-23(33)29(24(36)37-17)9-5-11-34-2/h4,6,8,12,16H,5,7,9-11,13H2,1-3H3,(H,25,31)/b17-12-/t16-/m1/s1. The largest absolute Gasteiger partial charge is 0.469 e. The van der Waals surface area contributed by atoms with E-state index in [0.717, 1.165) is 17.3 Å². The first-order chi connectivity index (χ1) is 17.8. The molecule has 0 spiro atoms. The number of nitrogens with one attached hydrogen (secondary N) is 1. The molecule has 196 valence electrons. The third-order valence-electron chi connectivity index (χ3n) is 6.13. The number of amides is 2. The van der Waals surface area contributed by atoms with E-state index in [1.54, 1.807) is 24.3 Å². The number of ether oxygens (including phenoxy) is 2. The minimum absolute atomic E-state index is 0.130. The number of aryl methyl sites for hydroxylation is 1. The molecule has 0 radical (unpaired) electrons. The van der Waals surface area contributed by atoms with Gasteiger partial charge in [-0.1, -0.05) is 30.0 Å². The van der Waals surface area contributed by atoms with Crippen molar-refractivity contribution in [2.24, 2.45) is 0 Å². The Bertz CT molecular complexity index is 1360. The first kappa shape index (κ1) is 26.8. The Morgan fingerprint density at radius 1 is 1.32 bits per heavy atom. The van der Waals surface area contributed by atoms with Crippen molar-refractivity contribution in [3.8, 4) is 0 Å². The Morgan fingerprint density at radius 3 is 2.84 bits per heavy atom. The van der Waals surface area contributed by atoms with Gasteiger partial charge in [0.1, 0.15) is 21.8 Å². The van der Waals surface area contributed by atoms with Gasteiger partial charge in [0.2, 0.25) is 5.91 Å². The van der Waals surface area contributed by atoms with Gasteiger partial charge in [-0.25, -0.2) is 4.98 Å². The van der Waals surface area contributed by atoms with E-state index in [9.17, 15) is 19.2 Å². The number of piperazine rings is 1. The zero-order valence-electron chi connectivity index (χ0n) is 20.7. The van der Waals surface area contributed by atoms with E-state index < -0.39 is 17.6 Å². The van der Waals surface area contributed by atoms with Crippen LogP contribution in [0.5, 0.6) is 0 Å². The molecule has 13 heteroatoms. The molecular weight excluding hydrogens is 518 g/mol. The maximum absolute atomic E-state index is 13.8.